The highest BCUT2D eigenvalue weighted by atomic mass is 79.9. The van der Waals surface area contributed by atoms with Crippen LogP contribution in [0.2, 0.25) is 0 Å². The minimum atomic E-state index is -0.549. The first-order chi connectivity index (χ1) is 6.56. The molecule has 0 aliphatic rings. The maximum absolute atomic E-state index is 13.4. The van der Waals surface area contributed by atoms with Crippen molar-refractivity contribution < 1.29 is 4.39 Å². The lowest BCUT2D eigenvalue weighted by molar-refractivity contribution is 0.349. The Morgan fingerprint density at radius 2 is 2.14 bits per heavy atom. The van der Waals surface area contributed by atoms with Crippen molar-refractivity contribution in [1.29, 1.82) is 5.26 Å². The molecule has 4 heteroatoms. The zero-order valence-corrected chi connectivity index (χ0v) is 9.55. The molecule has 0 spiro atoms. The Balaban J connectivity index is 3.17. The van der Waals surface area contributed by atoms with Crippen molar-refractivity contribution in [2.24, 2.45) is 0 Å². The molecule has 0 saturated heterocycles. The van der Waals surface area contributed by atoms with Crippen LogP contribution < -0.4 is 0 Å². The Morgan fingerprint density at radius 1 is 1.50 bits per heavy atom. The second-order valence-corrected chi connectivity index (χ2v) is 4.08. The second-order valence-electron chi connectivity index (χ2n) is 3.16. The number of nitrogens with zero attached hydrogens (tertiary/aromatic N) is 2. The summed E-state index contributed by atoms with van der Waals surface area (Å²) >= 11 is 3.25. The van der Waals surface area contributed by atoms with Crippen LogP contribution in [0.15, 0.2) is 22.7 Å². The molecule has 1 rings (SSSR count). The van der Waals surface area contributed by atoms with E-state index < -0.39 is 6.04 Å². The van der Waals surface area contributed by atoms with Crippen molar-refractivity contribution in [3.8, 4) is 6.07 Å². The van der Waals surface area contributed by atoms with E-state index in [-0.39, 0.29) is 5.82 Å². The summed E-state index contributed by atoms with van der Waals surface area (Å²) in [4.78, 5) is 1.67. The molecule has 0 heterocycles. The monoisotopic (exact) mass is 256 g/mol. The predicted octanol–water partition coefficient (Wildman–Crippen LogP) is 2.71. The summed E-state index contributed by atoms with van der Waals surface area (Å²) in [5, 5.41) is 8.89. The van der Waals surface area contributed by atoms with Gasteiger partial charge in [-0.1, -0.05) is 15.9 Å². The van der Waals surface area contributed by atoms with Gasteiger partial charge < -0.3 is 0 Å². The Kier molecular flexibility index (Phi) is 3.62. The molecule has 0 radical (unpaired) electrons. The van der Waals surface area contributed by atoms with Crippen molar-refractivity contribution in [3.05, 3.63) is 34.1 Å². The van der Waals surface area contributed by atoms with Gasteiger partial charge in [0.25, 0.3) is 0 Å². The summed E-state index contributed by atoms with van der Waals surface area (Å²) in [7, 11) is 3.49. The third-order valence-electron chi connectivity index (χ3n) is 1.89. The van der Waals surface area contributed by atoms with Gasteiger partial charge >= 0.3 is 0 Å². The van der Waals surface area contributed by atoms with E-state index in [1.54, 1.807) is 31.1 Å². The van der Waals surface area contributed by atoms with Gasteiger partial charge in [0.2, 0.25) is 0 Å². The van der Waals surface area contributed by atoms with Crippen LogP contribution in [-0.2, 0) is 0 Å². The number of hydrogen-bond donors (Lipinski definition) is 0. The highest BCUT2D eigenvalue weighted by molar-refractivity contribution is 9.10. The minimum absolute atomic E-state index is 0.353. The van der Waals surface area contributed by atoms with E-state index in [2.05, 4.69) is 22.0 Å². The molecule has 0 fully saturated rings. The lowest BCUT2D eigenvalue weighted by atomic mass is 10.1. The SMILES string of the molecule is CN(C)C(C#N)c1cc(Br)ccc1F. The summed E-state index contributed by atoms with van der Waals surface area (Å²) in [6.45, 7) is 0. The molecule has 0 aliphatic carbocycles. The van der Waals surface area contributed by atoms with Gasteiger partial charge in [-0.2, -0.15) is 5.26 Å². The lowest BCUT2D eigenvalue weighted by Crippen LogP contribution is -2.19. The fraction of sp³-hybridized carbons (Fsp3) is 0.300. The van der Waals surface area contributed by atoms with Crippen LogP contribution in [0.1, 0.15) is 11.6 Å². The molecular weight excluding hydrogens is 247 g/mol. The van der Waals surface area contributed by atoms with Gasteiger partial charge in [-0.05, 0) is 32.3 Å². The first kappa shape index (κ1) is 11.2. The van der Waals surface area contributed by atoms with Crippen molar-refractivity contribution in [2.45, 2.75) is 6.04 Å². The van der Waals surface area contributed by atoms with Gasteiger partial charge in [-0.25, -0.2) is 4.39 Å². The van der Waals surface area contributed by atoms with E-state index in [0.29, 0.717) is 5.56 Å². The molecule has 0 aromatic heterocycles. The lowest BCUT2D eigenvalue weighted by Gasteiger charge is -2.18. The number of rotatable bonds is 2. The quantitative estimate of drug-likeness (QED) is 0.814. The predicted molar refractivity (Wildman–Crippen MR) is 56.1 cm³/mol. The van der Waals surface area contributed by atoms with Gasteiger partial charge in [0.05, 0.1) is 6.07 Å². The maximum atomic E-state index is 13.4. The fourth-order valence-corrected chi connectivity index (χ4v) is 1.57. The number of hydrogen-bond acceptors (Lipinski definition) is 2. The number of benzene rings is 1. The average molecular weight is 257 g/mol. The second kappa shape index (κ2) is 4.54. The molecule has 0 N–H and O–H groups in total. The topological polar surface area (TPSA) is 27.0 Å². The molecule has 1 atom stereocenters. The van der Waals surface area contributed by atoms with E-state index in [1.165, 1.54) is 6.07 Å². The third kappa shape index (κ3) is 2.31. The van der Waals surface area contributed by atoms with Crippen molar-refractivity contribution >= 4 is 15.9 Å². The molecule has 0 amide bonds. The molecule has 1 unspecified atom stereocenters. The molecule has 0 saturated carbocycles. The summed E-state index contributed by atoms with van der Waals surface area (Å²) in [6.07, 6.45) is 0. The molecule has 0 bridgehead atoms. The van der Waals surface area contributed by atoms with Gasteiger partial charge in [-0.15, -0.1) is 0 Å². The summed E-state index contributed by atoms with van der Waals surface area (Å²) < 4.78 is 14.1. The van der Waals surface area contributed by atoms with Crippen molar-refractivity contribution in [3.63, 3.8) is 0 Å². The van der Waals surface area contributed by atoms with Gasteiger partial charge in [0, 0.05) is 10.0 Å². The molecule has 14 heavy (non-hydrogen) atoms. The van der Waals surface area contributed by atoms with Crippen molar-refractivity contribution in [2.75, 3.05) is 14.1 Å². The Morgan fingerprint density at radius 3 is 2.64 bits per heavy atom. The molecule has 1 aromatic carbocycles. The minimum Gasteiger partial charge on any atom is -0.290 e. The van der Waals surface area contributed by atoms with Gasteiger partial charge in [-0.3, -0.25) is 4.90 Å². The first-order valence-electron chi connectivity index (χ1n) is 4.07. The first-order valence-corrected chi connectivity index (χ1v) is 4.86. The third-order valence-corrected chi connectivity index (χ3v) is 2.38. The standard InChI is InChI=1S/C10H10BrFN2/c1-14(2)10(6-13)8-5-7(11)3-4-9(8)12/h3-5,10H,1-2H3. The summed E-state index contributed by atoms with van der Waals surface area (Å²) in [6, 6.07) is 6.10. The molecule has 0 aliphatic heterocycles. The number of halogens is 2. The van der Waals surface area contributed by atoms with E-state index >= 15 is 0 Å². The largest absolute Gasteiger partial charge is 0.290 e. The van der Waals surface area contributed by atoms with Crippen LogP contribution in [0, 0.1) is 17.1 Å². The zero-order chi connectivity index (χ0) is 10.7. The van der Waals surface area contributed by atoms with Crippen molar-refractivity contribution in [1.82, 2.24) is 4.90 Å². The summed E-state index contributed by atoms with van der Waals surface area (Å²) in [5.74, 6) is -0.353. The van der Waals surface area contributed by atoms with Crippen LogP contribution in [0.5, 0.6) is 0 Å². The highest BCUT2D eigenvalue weighted by Crippen LogP contribution is 2.24. The molecule has 2 nitrogen and oxygen atoms in total. The van der Waals surface area contributed by atoms with E-state index in [4.69, 9.17) is 5.26 Å². The highest BCUT2D eigenvalue weighted by Gasteiger charge is 2.17. The van der Waals surface area contributed by atoms with E-state index in [1.807, 2.05) is 0 Å². The van der Waals surface area contributed by atoms with E-state index in [9.17, 15) is 4.39 Å². The Bertz CT molecular complexity index is 371. The molecule has 74 valence electrons. The Hall–Kier alpha value is -0.920. The Labute approximate surface area is 91.1 Å². The molecular formula is C10H10BrFN2. The van der Waals surface area contributed by atoms with Crippen LogP contribution in [0.3, 0.4) is 0 Å². The zero-order valence-electron chi connectivity index (χ0n) is 7.96. The van der Waals surface area contributed by atoms with Crippen LogP contribution in [0.25, 0.3) is 0 Å². The van der Waals surface area contributed by atoms with Gasteiger partial charge in [0.15, 0.2) is 0 Å². The van der Waals surface area contributed by atoms with Gasteiger partial charge in [0.1, 0.15) is 11.9 Å². The maximum Gasteiger partial charge on any atom is 0.129 e. The molecule has 1 aromatic rings. The fourth-order valence-electron chi connectivity index (χ4n) is 1.19. The van der Waals surface area contributed by atoms with Crippen LogP contribution >= 0.6 is 15.9 Å². The van der Waals surface area contributed by atoms with E-state index in [0.717, 1.165) is 4.47 Å². The summed E-state index contributed by atoms with van der Waals surface area (Å²) in [5.41, 5.74) is 0.395. The smallest absolute Gasteiger partial charge is 0.129 e. The average Bonchev–Trinajstić information content (AvgIpc) is 2.11. The van der Waals surface area contributed by atoms with Crippen LogP contribution in [0.4, 0.5) is 4.39 Å². The normalized spacial score (nSPS) is 12.6. The van der Waals surface area contributed by atoms with Crippen LogP contribution in [-0.4, -0.2) is 19.0 Å². The number of nitriles is 1.